The number of carbonyl (C=O) groups is 2. The average molecular weight is 1430 g/mol. The third kappa shape index (κ3) is 52.2. The van der Waals surface area contributed by atoms with Gasteiger partial charge in [-0.3, -0.25) is 0 Å². The zero-order valence-electron chi connectivity index (χ0n) is 53.0. The van der Waals surface area contributed by atoms with Crippen LogP contribution in [0.1, 0.15) is 132 Å². The van der Waals surface area contributed by atoms with Crippen molar-refractivity contribution < 1.29 is 133 Å². The topological polar surface area (TPSA) is 101 Å². The number of halogens is 1. The van der Waals surface area contributed by atoms with Crippen molar-refractivity contribution in [1.82, 2.24) is 0 Å². The van der Waals surface area contributed by atoms with Crippen LogP contribution in [-0.2, 0) is 22.7 Å². The van der Waals surface area contributed by atoms with Crippen molar-refractivity contribution in [2.75, 3.05) is 7.11 Å². The number of carbonyl (C=O) groups excluding carboxylic acids is 2. The summed E-state index contributed by atoms with van der Waals surface area (Å²) in [5.41, 5.74) is 3.65. The Morgan fingerprint density at radius 1 is 0.327 bits per heavy atom. The number of ether oxygens (including phenoxy) is 5. The highest BCUT2D eigenvalue weighted by Gasteiger charge is 2.08. The molecule has 0 amide bonds. The van der Waals surface area contributed by atoms with Gasteiger partial charge in [0.2, 0.25) is 0 Å². The molecule has 0 aromatic heterocycles. The lowest BCUT2D eigenvalue weighted by molar-refractivity contribution is 0.0600. The fraction of sp³-hybridized carbons (Fsp3) is 0.0652. The number of aryl methyl sites for hydroxylation is 3. The lowest BCUT2D eigenvalue weighted by atomic mass is 10.1. The molecule has 0 aliphatic heterocycles. The molecule has 0 spiro atoms. The molecule has 3 rings (SSSR count). The van der Waals surface area contributed by atoms with Crippen molar-refractivity contribution in [3.8, 4) is 410 Å². The Morgan fingerprint density at radius 2 is 0.545 bits per heavy atom. The summed E-state index contributed by atoms with van der Waals surface area (Å²) in [6.07, 6.45) is 22.1. The van der Waals surface area contributed by atoms with E-state index in [2.05, 4.69) is 378 Å². The number of aliphatic hydroxyl groups is 1. The Morgan fingerprint density at radius 3 is 0.782 bits per heavy atom. The molecule has 8 nitrogen and oxygen atoms in total. The van der Waals surface area contributed by atoms with Gasteiger partial charge in [-0.25, -0.2) is 9.59 Å². The van der Waals surface area contributed by atoms with Crippen molar-refractivity contribution in [2.45, 2.75) is 34.0 Å². The molecule has 3 aromatic rings. The number of benzene rings is 3. The van der Waals surface area contributed by atoms with Gasteiger partial charge in [0.25, 0.3) is 0 Å². The van der Waals surface area contributed by atoms with Gasteiger partial charge < -0.3 is 28.8 Å². The average Bonchev–Trinajstić information content (AvgIpc) is 0.867. The first-order chi connectivity index (χ1) is 49.5. The lowest BCUT2D eigenvalue weighted by Crippen LogP contribution is -2.01. The minimum absolute atomic E-state index is 0. The van der Waals surface area contributed by atoms with E-state index in [4.69, 9.17) is 54.9 Å². The van der Waals surface area contributed by atoms with Crippen LogP contribution < -0.4 is 14.2 Å². The number of esters is 1. The number of rotatable bonds is 7. The van der Waals surface area contributed by atoms with Crippen molar-refractivity contribution in [3.05, 3.63) is 88.0 Å². The van der Waals surface area contributed by atoms with E-state index in [1.165, 1.54) is 13.2 Å². The largest absolute Gasteiger partial charge is 0.465 e. The van der Waals surface area contributed by atoms with E-state index in [9.17, 15) is 9.59 Å². The molecule has 1 N–H and O–H groups in total. The van der Waals surface area contributed by atoms with Gasteiger partial charge in [-0.1, -0.05) is 12.1 Å². The minimum atomic E-state index is -0.880. The van der Waals surface area contributed by atoms with Crippen molar-refractivity contribution >= 4 is 23.0 Å². The summed E-state index contributed by atoms with van der Waals surface area (Å²) >= 11 is 5.16. The maximum atomic E-state index is 11.6. The summed E-state index contributed by atoms with van der Waals surface area (Å²) in [4.78, 5) is 22.3. The third-order valence-corrected chi connectivity index (χ3v) is 8.59. The van der Waals surface area contributed by atoms with Gasteiger partial charge in [0.05, 0.1) is 19.3 Å². The number of terminal acetylenes is 3. The number of methoxy groups -OCH3 is 1. The van der Waals surface area contributed by atoms with Crippen LogP contribution in [0.2, 0.25) is 0 Å². The molecule has 101 heavy (non-hydrogen) atoms. The first-order valence-electron chi connectivity index (χ1n) is 26.8. The normalized spacial score (nSPS) is 6.05. The van der Waals surface area contributed by atoms with Crippen LogP contribution in [0.4, 0.5) is 4.79 Å². The molecule has 0 bridgehead atoms. The quantitative estimate of drug-likeness (QED) is 0.142. The second kappa shape index (κ2) is 60.6. The fourth-order valence-corrected chi connectivity index (χ4v) is 5.21. The third-order valence-electron chi connectivity index (χ3n) is 8.48. The second-order valence-electron chi connectivity index (χ2n) is 15.7. The summed E-state index contributed by atoms with van der Waals surface area (Å²) < 4.78 is 25.2. The molecular weight excluding hydrogens is 1270 g/mol. The molecule has 3 aromatic carbocycles. The number of hydrogen-bond donors (Lipinski definition) is 1. The zero-order valence-corrected chi connectivity index (χ0v) is 53.8. The number of hydrogen-bond acceptors (Lipinski definition) is 8. The highest BCUT2D eigenvalue weighted by molar-refractivity contribution is 6.61. The highest BCUT2D eigenvalue weighted by Crippen LogP contribution is 2.19. The van der Waals surface area contributed by atoms with Gasteiger partial charge >= 0.3 is 11.4 Å². The van der Waals surface area contributed by atoms with Crippen molar-refractivity contribution in [2.24, 2.45) is 0 Å². The van der Waals surface area contributed by atoms with Gasteiger partial charge in [-0.05, 0) is 233 Å². The van der Waals surface area contributed by atoms with E-state index in [1.807, 2.05) is 32.9 Å². The van der Waals surface area contributed by atoms with Gasteiger partial charge in [0.1, 0.15) is 42.2 Å². The molecule has 0 unspecified atom stereocenters. The number of aliphatic hydroxyl groups excluding tert-OH is 1. The Bertz CT molecular complexity index is 6230. The van der Waals surface area contributed by atoms with Crippen LogP contribution in [0.25, 0.3) is 0 Å². The van der Waals surface area contributed by atoms with Gasteiger partial charge in [0, 0.05) is 319 Å². The summed E-state index contributed by atoms with van der Waals surface area (Å²) in [5.74, 6) is 148. The maximum absolute atomic E-state index is 11.6. The van der Waals surface area contributed by atoms with E-state index in [1.54, 1.807) is 36.4 Å². The Hall–Kier alpha value is -18.3. The highest BCUT2D eigenvalue weighted by atomic mass is 35.5. The molecule has 0 fully saturated rings. The van der Waals surface area contributed by atoms with Crippen LogP contribution >= 0.6 is 11.6 Å². The predicted molar refractivity (Wildman–Crippen MR) is 528 cm³/mol. The zero-order chi connectivity index (χ0) is 73.2. The molecule has 584 valence electrons. The monoisotopic (exact) mass is 1430 g/mol. The summed E-state index contributed by atoms with van der Waals surface area (Å²) in [5, 5.41) is 9.16. The summed E-state index contributed by atoms with van der Waals surface area (Å²) in [6, 6.07) is 15.6. The molecule has 9 heteroatoms. The molecule has 0 radical (unpaired) electrons. The van der Waals surface area contributed by atoms with E-state index in [-0.39, 0.29) is 107 Å². The molecule has 0 heterocycles. The smallest absolute Gasteiger partial charge is 0.404 e. The van der Waals surface area contributed by atoms with Crippen LogP contribution in [-0.4, -0.2) is 23.6 Å². The minimum Gasteiger partial charge on any atom is -0.465 e. The lowest BCUT2D eigenvalue weighted by Gasteiger charge is -2.05. The predicted octanol–water partition coefficient (Wildman–Crippen LogP) is 22.4. The molecular formula is C92H161ClO8. The van der Waals surface area contributed by atoms with Gasteiger partial charge in [-0.15, -0.1) is 19.3 Å². The molecule has 0 aliphatic rings. The van der Waals surface area contributed by atoms with Crippen LogP contribution in [0.15, 0.2) is 54.6 Å². The standard InChI is InChI=1S/C31H9ClO3.C31H10O3.C30H10O2.66H2/c1-3-4-5-6-7-8-9-10-11-12-13-14-15-16-17-18-19-20-21-22-23-34-30-25-28(2)24-29(26-30)27-35-31(32)33;1-4-5-6-7-8-9-10-11-12-13-14-15-16-17-18-19-20-21-22-23-24-34-30-26-28(2)25-29(27-30)31(32)33-3;1-3-4-5-6-7-8-9-10-11-12-13-14-15-16-17-18-19-20-21-22-23-32-30-25-28(2)24-29(26-30)27-31;;;;;;;;;;;;;;;;;;;;;;;;;;;;;;;;;;;;;;;;;;;;;;;;;;;;;;;;;;;;;;;;;;/h1,24-26H,27H2,2H3;1,25-27H,2-3H3;1,24-26,31H,27H2,2H3;66*1H. The van der Waals surface area contributed by atoms with Gasteiger partial charge in [-0.2, -0.15) is 0 Å². The molecule has 0 saturated carbocycles. The van der Waals surface area contributed by atoms with Crippen LogP contribution in [0, 0.1) is 414 Å². The second-order valence-corrected chi connectivity index (χ2v) is 16.0. The van der Waals surface area contributed by atoms with Crippen LogP contribution in [0.3, 0.4) is 0 Å². The fourth-order valence-electron chi connectivity index (χ4n) is 5.16. The van der Waals surface area contributed by atoms with Crippen molar-refractivity contribution in [1.29, 1.82) is 0 Å². The van der Waals surface area contributed by atoms with E-state index in [0.29, 0.717) is 28.4 Å². The van der Waals surface area contributed by atoms with E-state index in [0.717, 1.165) is 22.3 Å². The van der Waals surface area contributed by atoms with E-state index >= 15 is 0 Å². The van der Waals surface area contributed by atoms with Gasteiger partial charge in [0.15, 0.2) is 0 Å². The molecule has 0 saturated heterocycles. The maximum Gasteiger partial charge on any atom is 0.404 e. The first kappa shape index (κ1) is 80.7. The Labute approximate surface area is 695 Å². The molecule has 0 aliphatic carbocycles. The summed E-state index contributed by atoms with van der Waals surface area (Å²) in [7, 11) is 1.31. The molecule has 0 atom stereocenters. The Kier molecular flexibility index (Phi) is 48.5. The summed E-state index contributed by atoms with van der Waals surface area (Å²) in [6.45, 7) is 5.56. The van der Waals surface area contributed by atoms with Crippen LogP contribution in [0.5, 0.6) is 17.2 Å². The Balaban J connectivity index is -0.0000000120. The van der Waals surface area contributed by atoms with E-state index < -0.39 is 11.4 Å². The SMILES string of the molecule is C#CC#CC#CC#CC#CC#CC#CC#CC#CC#CC#COc1cc(C)cc(C(=O)OC)c1.C#CC#CC#CC#CC#CC#CC#CC#CC#CC#CC#COc1cc(C)cc(CO)c1.C#CC#CC#CC#CC#CC#CC#CC#CC#CC#CC#COc1cc(C)cc(COC(=O)Cl)c1.[HH].[HH].[HH].[HH].[HH].[HH].[HH].[HH].[HH].[HH].[HH].[HH].[HH].[HH].[HH].[HH].[HH].[HH].[HH].[HH].[HH].[HH].[HH].[HH].[HH].[HH].[HH].[HH].[HH].[HH].[HH].[HH].[HH].[HH].[HH].[HH].[HH].[HH].[HH].[HH].[HH].[HH].[HH].[HH].[HH].[HH].[HH].[HH].[HH].[HH].[HH].[HH].[HH].[HH].[HH].[HH].[HH].[HH].[HH].[HH].[HH].[HH].[HH].[HH].[HH].[HH]. The van der Waals surface area contributed by atoms with Crippen molar-refractivity contribution in [3.63, 3.8) is 0 Å². The first-order valence-corrected chi connectivity index (χ1v) is 27.1.